The van der Waals surface area contributed by atoms with E-state index >= 15 is 0 Å². The molecule has 3 nitrogen and oxygen atoms in total. The highest BCUT2D eigenvalue weighted by molar-refractivity contribution is 5.44. The maximum Gasteiger partial charge on any atom is 0.165 e. The number of pyridine rings is 1. The Hall–Kier alpha value is -1.16. The molecule has 82 valence electrons. The van der Waals surface area contributed by atoms with Crippen molar-refractivity contribution in [2.24, 2.45) is 0 Å². The summed E-state index contributed by atoms with van der Waals surface area (Å²) in [5.74, 6) is 0.196. The number of rotatable bonds is 3. The Balaban J connectivity index is 2.01. The topological polar surface area (TPSA) is 25.4 Å². The van der Waals surface area contributed by atoms with Gasteiger partial charge in [0.25, 0.3) is 0 Å². The van der Waals surface area contributed by atoms with Gasteiger partial charge in [0.15, 0.2) is 11.6 Å². The van der Waals surface area contributed by atoms with Gasteiger partial charge in [0.1, 0.15) is 0 Å². The second-order valence-electron chi connectivity index (χ2n) is 3.80. The van der Waals surface area contributed by atoms with Crippen molar-refractivity contribution < 1.29 is 9.13 Å². The number of aryl methyl sites for hydroxylation is 1. The molecule has 1 saturated heterocycles. The first-order chi connectivity index (χ1) is 7.20. The first-order valence-electron chi connectivity index (χ1n) is 5.19. The highest BCUT2D eigenvalue weighted by Crippen LogP contribution is 2.23. The van der Waals surface area contributed by atoms with Crippen LogP contribution in [0.2, 0.25) is 0 Å². The van der Waals surface area contributed by atoms with E-state index in [2.05, 4.69) is 4.98 Å². The van der Waals surface area contributed by atoms with Crippen molar-refractivity contribution in [3.63, 3.8) is 0 Å². The molecule has 0 unspecified atom stereocenters. The zero-order valence-electron chi connectivity index (χ0n) is 9.03. The first-order valence-corrected chi connectivity index (χ1v) is 5.19. The van der Waals surface area contributed by atoms with E-state index < -0.39 is 0 Å². The monoisotopic (exact) mass is 210 g/mol. The lowest BCUT2D eigenvalue weighted by atomic mass is 10.1. The highest BCUT2D eigenvalue weighted by atomic mass is 19.1. The Labute approximate surface area is 88.9 Å². The molecule has 1 fully saturated rings. The van der Waals surface area contributed by atoms with Gasteiger partial charge in [-0.1, -0.05) is 0 Å². The van der Waals surface area contributed by atoms with Gasteiger partial charge in [0, 0.05) is 25.9 Å². The van der Waals surface area contributed by atoms with E-state index in [0.29, 0.717) is 12.4 Å². The van der Waals surface area contributed by atoms with Gasteiger partial charge in [-0.05, 0) is 25.5 Å². The Morgan fingerprint density at radius 3 is 2.93 bits per heavy atom. The molecule has 0 spiro atoms. The van der Waals surface area contributed by atoms with Crippen LogP contribution in [0.15, 0.2) is 12.3 Å². The van der Waals surface area contributed by atoms with Crippen LogP contribution in [0.4, 0.5) is 10.2 Å². The average molecular weight is 210 g/mol. The molecule has 1 aliphatic heterocycles. The number of ether oxygens (including phenoxy) is 1. The highest BCUT2D eigenvalue weighted by Gasteiger charge is 2.29. The molecule has 0 bridgehead atoms. The SMILES string of the molecule is CCOC1CN(c2ncc(C)cc2F)C1. The van der Waals surface area contributed by atoms with Crippen LogP contribution in [-0.2, 0) is 4.74 Å². The lowest BCUT2D eigenvalue weighted by molar-refractivity contribution is 0.0424. The molecule has 15 heavy (non-hydrogen) atoms. The first kappa shape index (κ1) is 10.4. The van der Waals surface area contributed by atoms with E-state index in [-0.39, 0.29) is 11.9 Å². The maximum atomic E-state index is 13.5. The lowest BCUT2D eigenvalue weighted by Gasteiger charge is -2.39. The predicted molar refractivity (Wildman–Crippen MR) is 56.6 cm³/mol. The number of halogens is 1. The molecular weight excluding hydrogens is 195 g/mol. The number of hydrogen-bond acceptors (Lipinski definition) is 3. The summed E-state index contributed by atoms with van der Waals surface area (Å²) in [6.45, 7) is 5.98. The summed E-state index contributed by atoms with van der Waals surface area (Å²) >= 11 is 0. The van der Waals surface area contributed by atoms with E-state index in [1.165, 1.54) is 6.07 Å². The number of hydrogen-bond donors (Lipinski definition) is 0. The molecule has 1 aliphatic rings. The standard InChI is InChI=1S/C11H15FN2O/c1-3-15-9-6-14(7-9)11-10(12)4-8(2)5-13-11/h4-5,9H,3,6-7H2,1-2H3. The van der Waals surface area contributed by atoms with Crippen LogP contribution in [0.5, 0.6) is 0 Å². The van der Waals surface area contributed by atoms with Crippen molar-refractivity contribution >= 4 is 5.82 Å². The van der Waals surface area contributed by atoms with Crippen molar-refractivity contribution in [1.82, 2.24) is 4.98 Å². The fourth-order valence-electron chi connectivity index (χ4n) is 1.71. The van der Waals surface area contributed by atoms with Crippen LogP contribution in [0.25, 0.3) is 0 Å². The van der Waals surface area contributed by atoms with Crippen molar-refractivity contribution in [3.05, 3.63) is 23.6 Å². The molecule has 4 heteroatoms. The third-order valence-electron chi connectivity index (χ3n) is 2.51. The molecule has 0 N–H and O–H groups in total. The van der Waals surface area contributed by atoms with Gasteiger partial charge < -0.3 is 9.64 Å². The largest absolute Gasteiger partial charge is 0.375 e. The minimum absolute atomic E-state index is 0.234. The smallest absolute Gasteiger partial charge is 0.165 e. The molecule has 0 saturated carbocycles. The van der Waals surface area contributed by atoms with Crippen LogP contribution in [0.3, 0.4) is 0 Å². The molecule has 0 radical (unpaired) electrons. The second kappa shape index (κ2) is 4.14. The van der Waals surface area contributed by atoms with Crippen LogP contribution in [0, 0.1) is 12.7 Å². The molecule has 0 aliphatic carbocycles. The lowest BCUT2D eigenvalue weighted by Crippen LogP contribution is -2.53. The Morgan fingerprint density at radius 1 is 1.60 bits per heavy atom. The van der Waals surface area contributed by atoms with Crippen molar-refractivity contribution in [2.75, 3.05) is 24.6 Å². The fraction of sp³-hybridized carbons (Fsp3) is 0.545. The number of anilines is 1. The summed E-state index contributed by atoms with van der Waals surface area (Å²) in [5.41, 5.74) is 0.845. The van der Waals surface area contributed by atoms with Gasteiger partial charge in [-0.25, -0.2) is 9.37 Å². The third kappa shape index (κ3) is 2.09. The average Bonchev–Trinajstić information content (AvgIpc) is 2.12. The number of nitrogens with zero attached hydrogens (tertiary/aromatic N) is 2. The summed E-state index contributed by atoms with van der Waals surface area (Å²) in [4.78, 5) is 5.99. The minimum Gasteiger partial charge on any atom is -0.375 e. The zero-order valence-corrected chi connectivity index (χ0v) is 9.03. The fourth-order valence-corrected chi connectivity index (χ4v) is 1.71. The van der Waals surface area contributed by atoms with E-state index in [9.17, 15) is 4.39 Å². The quantitative estimate of drug-likeness (QED) is 0.760. The third-order valence-corrected chi connectivity index (χ3v) is 2.51. The summed E-state index contributed by atoms with van der Waals surface area (Å²) in [7, 11) is 0. The summed E-state index contributed by atoms with van der Waals surface area (Å²) in [6.07, 6.45) is 1.92. The van der Waals surface area contributed by atoms with Crippen LogP contribution in [-0.4, -0.2) is 30.8 Å². The second-order valence-corrected chi connectivity index (χ2v) is 3.80. The van der Waals surface area contributed by atoms with E-state index in [0.717, 1.165) is 18.7 Å². The molecule has 1 aromatic rings. The van der Waals surface area contributed by atoms with Crippen LogP contribution >= 0.6 is 0 Å². The van der Waals surface area contributed by atoms with Gasteiger partial charge in [0.2, 0.25) is 0 Å². The van der Waals surface area contributed by atoms with Gasteiger partial charge in [-0.15, -0.1) is 0 Å². The molecular formula is C11H15FN2O. The van der Waals surface area contributed by atoms with Gasteiger partial charge in [-0.3, -0.25) is 0 Å². The molecule has 2 heterocycles. The number of aromatic nitrogens is 1. The van der Waals surface area contributed by atoms with Gasteiger partial charge in [-0.2, -0.15) is 0 Å². The van der Waals surface area contributed by atoms with Crippen molar-refractivity contribution in [1.29, 1.82) is 0 Å². The summed E-state index contributed by atoms with van der Waals surface area (Å²) < 4.78 is 18.9. The minimum atomic E-state index is -0.245. The molecule has 2 rings (SSSR count). The van der Waals surface area contributed by atoms with E-state index in [1.807, 2.05) is 18.7 Å². The normalized spacial score (nSPS) is 16.6. The Morgan fingerprint density at radius 2 is 2.33 bits per heavy atom. The van der Waals surface area contributed by atoms with Crippen molar-refractivity contribution in [2.45, 2.75) is 20.0 Å². The summed E-state index contributed by atoms with van der Waals surface area (Å²) in [6, 6.07) is 1.51. The van der Waals surface area contributed by atoms with Crippen LogP contribution < -0.4 is 4.90 Å². The van der Waals surface area contributed by atoms with E-state index in [4.69, 9.17) is 4.74 Å². The van der Waals surface area contributed by atoms with Crippen molar-refractivity contribution in [3.8, 4) is 0 Å². The Kier molecular flexibility index (Phi) is 2.86. The maximum absolute atomic E-state index is 13.5. The molecule has 1 aromatic heterocycles. The predicted octanol–water partition coefficient (Wildman–Crippen LogP) is 1.75. The van der Waals surface area contributed by atoms with Crippen LogP contribution in [0.1, 0.15) is 12.5 Å². The Bertz CT molecular complexity index is 350. The van der Waals surface area contributed by atoms with Gasteiger partial charge in [0.05, 0.1) is 6.10 Å². The molecule has 0 aromatic carbocycles. The molecule has 0 amide bonds. The van der Waals surface area contributed by atoms with E-state index in [1.54, 1.807) is 6.20 Å². The zero-order chi connectivity index (χ0) is 10.8. The van der Waals surface area contributed by atoms with Gasteiger partial charge >= 0.3 is 0 Å². The summed E-state index contributed by atoms with van der Waals surface area (Å²) in [5, 5.41) is 0. The molecule has 0 atom stereocenters.